The lowest BCUT2D eigenvalue weighted by Crippen LogP contribution is -2.20. The van der Waals surface area contributed by atoms with Crippen molar-refractivity contribution >= 4 is 28.7 Å². The van der Waals surface area contributed by atoms with Gasteiger partial charge >= 0.3 is 0 Å². The van der Waals surface area contributed by atoms with E-state index in [4.69, 9.17) is 4.84 Å². The van der Waals surface area contributed by atoms with Crippen LogP contribution in [0.1, 0.15) is 39.7 Å². The van der Waals surface area contributed by atoms with Crippen LogP contribution < -0.4 is 5.32 Å². The van der Waals surface area contributed by atoms with Gasteiger partial charge in [-0.1, -0.05) is 50.2 Å². The van der Waals surface area contributed by atoms with Crippen molar-refractivity contribution in [1.82, 2.24) is 10.2 Å². The van der Waals surface area contributed by atoms with Crippen LogP contribution in [-0.4, -0.2) is 28.9 Å². The highest BCUT2D eigenvalue weighted by molar-refractivity contribution is 6.02. The van der Waals surface area contributed by atoms with E-state index in [1.165, 1.54) is 0 Å². The first kappa shape index (κ1) is 19.6. The number of amides is 1. The Morgan fingerprint density at radius 2 is 2.04 bits per heavy atom. The minimum atomic E-state index is -0.0765. The van der Waals surface area contributed by atoms with E-state index < -0.39 is 0 Å². The minimum Gasteiger partial charge on any atom is -0.396 e. The summed E-state index contributed by atoms with van der Waals surface area (Å²) in [7, 11) is 0. The third-order valence-corrected chi connectivity index (χ3v) is 4.14. The molecule has 0 fully saturated rings. The summed E-state index contributed by atoms with van der Waals surface area (Å²) >= 11 is 0. The van der Waals surface area contributed by atoms with Crippen molar-refractivity contribution in [3.63, 3.8) is 0 Å². The van der Waals surface area contributed by atoms with Crippen LogP contribution in [0.5, 0.6) is 0 Å². The van der Waals surface area contributed by atoms with E-state index in [0.29, 0.717) is 13.0 Å². The second-order valence-corrected chi connectivity index (χ2v) is 7.86. The zero-order chi connectivity index (χ0) is 20.1. The molecule has 1 heterocycles. The van der Waals surface area contributed by atoms with E-state index in [9.17, 15) is 4.79 Å². The Hall–Kier alpha value is -3.15. The molecular weight excluding hydrogens is 352 g/mol. The molecule has 2 N–H and O–H groups in total. The number of hydrogen-bond donors (Lipinski definition) is 2. The fourth-order valence-corrected chi connectivity index (χ4v) is 2.96. The molecule has 2 aromatic carbocycles. The van der Waals surface area contributed by atoms with E-state index in [-0.39, 0.29) is 11.3 Å². The number of rotatable bonds is 6. The molecule has 6 nitrogen and oxygen atoms in total. The highest BCUT2D eigenvalue weighted by atomic mass is 16.6. The summed E-state index contributed by atoms with van der Waals surface area (Å²) in [6, 6.07) is 13.6. The number of nitrogens with one attached hydrogen (secondary N) is 2. The normalized spacial score (nSPS) is 11.9. The molecule has 0 spiro atoms. The number of para-hydroxylation sites is 1. The Labute approximate surface area is 165 Å². The highest BCUT2D eigenvalue weighted by Crippen LogP contribution is 2.32. The van der Waals surface area contributed by atoms with Gasteiger partial charge in [0.15, 0.2) is 0 Å². The first-order valence-corrected chi connectivity index (χ1v) is 9.40. The lowest BCUT2D eigenvalue weighted by molar-refractivity contribution is -0.117. The lowest BCUT2D eigenvalue weighted by Gasteiger charge is -2.18. The Morgan fingerprint density at radius 3 is 2.79 bits per heavy atom. The number of carbonyl (C=O) groups excluding carboxylic acids is 1. The number of carbonyl (C=O) groups is 1. The number of aromatic amines is 1. The number of nitrogens with zero attached hydrogens (tertiary/aromatic N) is 2. The van der Waals surface area contributed by atoms with E-state index in [1.807, 2.05) is 70.2 Å². The first-order chi connectivity index (χ1) is 13.4. The van der Waals surface area contributed by atoms with Gasteiger partial charge < -0.3 is 10.2 Å². The molecule has 0 aliphatic rings. The van der Waals surface area contributed by atoms with Crippen LogP contribution in [0, 0.1) is 5.41 Å². The Kier molecular flexibility index (Phi) is 5.78. The molecule has 0 atom stereocenters. The SMILES string of the molecule is CCON=Cc1ccc2[nH]nc(-c3ccccc3NC(=O)CC(C)(C)C)c2c1. The summed E-state index contributed by atoms with van der Waals surface area (Å²) in [5, 5.41) is 15.5. The van der Waals surface area contributed by atoms with Gasteiger partial charge in [-0.15, -0.1) is 0 Å². The van der Waals surface area contributed by atoms with Crippen molar-refractivity contribution in [3.05, 3.63) is 48.0 Å². The summed E-state index contributed by atoms with van der Waals surface area (Å²) in [5.41, 5.74) is 4.16. The third kappa shape index (κ3) is 4.76. The molecule has 0 radical (unpaired) electrons. The van der Waals surface area contributed by atoms with E-state index >= 15 is 0 Å². The zero-order valence-corrected chi connectivity index (χ0v) is 16.7. The van der Waals surface area contributed by atoms with Crippen molar-refractivity contribution < 1.29 is 9.63 Å². The van der Waals surface area contributed by atoms with Gasteiger partial charge in [-0.2, -0.15) is 5.10 Å². The summed E-state index contributed by atoms with van der Waals surface area (Å²) < 4.78 is 0. The van der Waals surface area contributed by atoms with Crippen molar-refractivity contribution in [1.29, 1.82) is 0 Å². The monoisotopic (exact) mass is 378 g/mol. The predicted octanol–water partition coefficient (Wildman–Crippen LogP) is 4.98. The Morgan fingerprint density at radius 1 is 1.25 bits per heavy atom. The largest absolute Gasteiger partial charge is 0.396 e. The van der Waals surface area contributed by atoms with Crippen molar-refractivity contribution in [2.45, 2.75) is 34.1 Å². The molecule has 0 aliphatic heterocycles. The van der Waals surface area contributed by atoms with E-state index in [2.05, 4.69) is 20.7 Å². The Bertz CT molecular complexity index is 999. The van der Waals surface area contributed by atoms with Crippen molar-refractivity contribution in [3.8, 4) is 11.3 Å². The Balaban J connectivity index is 1.96. The zero-order valence-electron chi connectivity index (χ0n) is 16.7. The van der Waals surface area contributed by atoms with Crippen LogP contribution in [0.15, 0.2) is 47.6 Å². The van der Waals surface area contributed by atoms with Gasteiger partial charge in [0.1, 0.15) is 12.3 Å². The van der Waals surface area contributed by atoms with Crippen molar-refractivity contribution in [2.24, 2.45) is 10.6 Å². The maximum Gasteiger partial charge on any atom is 0.224 e. The quantitative estimate of drug-likeness (QED) is 0.469. The number of aromatic nitrogens is 2. The van der Waals surface area contributed by atoms with E-state index in [1.54, 1.807) is 6.21 Å². The maximum atomic E-state index is 12.4. The van der Waals surface area contributed by atoms with Crippen LogP contribution in [0.4, 0.5) is 5.69 Å². The van der Waals surface area contributed by atoms with Gasteiger partial charge in [0.25, 0.3) is 0 Å². The molecule has 146 valence electrons. The summed E-state index contributed by atoms with van der Waals surface area (Å²) in [6.07, 6.45) is 2.12. The predicted molar refractivity (Wildman–Crippen MR) is 113 cm³/mol. The van der Waals surface area contributed by atoms with Gasteiger partial charge in [0.2, 0.25) is 5.91 Å². The van der Waals surface area contributed by atoms with Gasteiger partial charge in [-0.05, 0) is 36.1 Å². The summed E-state index contributed by atoms with van der Waals surface area (Å²) in [5.74, 6) is -0.00988. The average molecular weight is 378 g/mol. The van der Waals surface area contributed by atoms with Crippen LogP contribution >= 0.6 is 0 Å². The fourth-order valence-electron chi connectivity index (χ4n) is 2.96. The second kappa shape index (κ2) is 8.25. The number of oxime groups is 1. The lowest BCUT2D eigenvalue weighted by atomic mass is 9.92. The molecule has 0 bridgehead atoms. The van der Waals surface area contributed by atoms with Crippen molar-refractivity contribution in [2.75, 3.05) is 11.9 Å². The first-order valence-electron chi connectivity index (χ1n) is 9.40. The molecule has 1 aromatic heterocycles. The molecule has 3 aromatic rings. The molecule has 0 unspecified atom stereocenters. The molecule has 3 rings (SSSR count). The number of benzene rings is 2. The van der Waals surface area contributed by atoms with Crippen LogP contribution in [0.25, 0.3) is 22.2 Å². The maximum absolute atomic E-state index is 12.4. The molecule has 1 amide bonds. The summed E-state index contributed by atoms with van der Waals surface area (Å²) in [6.45, 7) is 8.55. The van der Waals surface area contributed by atoms with Crippen LogP contribution in [-0.2, 0) is 9.63 Å². The van der Waals surface area contributed by atoms with Gasteiger partial charge in [-0.25, -0.2) is 0 Å². The molecule has 0 saturated heterocycles. The van der Waals surface area contributed by atoms with Gasteiger partial charge in [0.05, 0.1) is 17.4 Å². The molecule has 0 saturated carbocycles. The summed E-state index contributed by atoms with van der Waals surface area (Å²) in [4.78, 5) is 17.5. The smallest absolute Gasteiger partial charge is 0.224 e. The minimum absolute atomic E-state index is 0.00988. The fraction of sp³-hybridized carbons (Fsp3) is 0.318. The molecular formula is C22H26N4O2. The number of anilines is 1. The topological polar surface area (TPSA) is 79.4 Å². The molecule has 28 heavy (non-hydrogen) atoms. The number of hydrogen-bond acceptors (Lipinski definition) is 4. The van der Waals surface area contributed by atoms with Gasteiger partial charge in [0, 0.05) is 17.4 Å². The molecule has 6 heteroatoms. The van der Waals surface area contributed by atoms with Gasteiger partial charge in [-0.3, -0.25) is 9.89 Å². The number of fused-ring (bicyclic) bond motifs is 1. The third-order valence-electron chi connectivity index (χ3n) is 4.14. The van der Waals surface area contributed by atoms with Crippen LogP contribution in [0.2, 0.25) is 0 Å². The number of H-pyrrole nitrogens is 1. The highest BCUT2D eigenvalue weighted by Gasteiger charge is 2.18. The standard InChI is InChI=1S/C22H26N4O2/c1-5-28-23-14-15-10-11-19-17(12-15)21(26-25-19)16-8-6-7-9-18(16)24-20(27)13-22(2,3)4/h6-12,14H,5,13H2,1-4H3,(H,24,27)(H,25,26). The average Bonchev–Trinajstić information content (AvgIpc) is 3.04. The van der Waals surface area contributed by atoms with E-state index in [0.717, 1.165) is 33.4 Å². The second-order valence-electron chi connectivity index (χ2n) is 7.86. The molecule has 0 aliphatic carbocycles. The van der Waals surface area contributed by atoms with Crippen LogP contribution in [0.3, 0.4) is 0 Å².